The number of hydrogen-bond acceptors (Lipinski definition) is 5. The van der Waals surface area contributed by atoms with E-state index in [0.717, 1.165) is 29.8 Å². The summed E-state index contributed by atoms with van der Waals surface area (Å²) in [6, 6.07) is 13.1. The van der Waals surface area contributed by atoms with Crippen molar-refractivity contribution in [3.8, 4) is 22.3 Å². The minimum atomic E-state index is 0.559. The van der Waals surface area contributed by atoms with Crippen LogP contribution in [0.1, 0.15) is 36.1 Å². The first-order valence-electron chi connectivity index (χ1n) is 9.72. The van der Waals surface area contributed by atoms with Gasteiger partial charge in [0.1, 0.15) is 5.75 Å². The Bertz CT molecular complexity index is 932. The van der Waals surface area contributed by atoms with Crippen molar-refractivity contribution >= 4 is 11.5 Å². The zero-order valence-corrected chi connectivity index (χ0v) is 18.4. The minimum absolute atomic E-state index is 0.559. The second-order valence-corrected chi connectivity index (χ2v) is 8.43. The van der Waals surface area contributed by atoms with Gasteiger partial charge in [0.15, 0.2) is 5.82 Å². The largest absolute Gasteiger partial charge is 0.430 e. The smallest absolute Gasteiger partial charge is 0.299 e. The third-order valence-corrected chi connectivity index (χ3v) is 5.76. The Labute approximate surface area is 172 Å². The van der Waals surface area contributed by atoms with Crippen LogP contribution >= 0.6 is 11.5 Å². The molecule has 0 amide bonds. The van der Waals surface area contributed by atoms with E-state index in [9.17, 15) is 0 Å². The van der Waals surface area contributed by atoms with Crippen molar-refractivity contribution in [2.75, 3.05) is 13.6 Å². The fourth-order valence-corrected chi connectivity index (χ4v) is 3.51. The van der Waals surface area contributed by atoms with Crippen molar-refractivity contribution in [1.29, 1.82) is 0 Å². The highest BCUT2D eigenvalue weighted by Gasteiger charge is 2.12. The molecule has 3 rings (SSSR count). The van der Waals surface area contributed by atoms with E-state index in [4.69, 9.17) is 4.74 Å². The zero-order chi connectivity index (χ0) is 20.3. The molecular weight excluding hydrogens is 366 g/mol. The van der Waals surface area contributed by atoms with Crippen molar-refractivity contribution in [3.63, 3.8) is 0 Å². The van der Waals surface area contributed by atoms with E-state index < -0.39 is 0 Å². The summed E-state index contributed by atoms with van der Waals surface area (Å²) in [7, 11) is 2.17. The molecule has 1 heterocycles. The second-order valence-electron chi connectivity index (χ2n) is 7.72. The molecule has 0 N–H and O–H groups in total. The van der Waals surface area contributed by atoms with Crippen LogP contribution in [0.5, 0.6) is 10.9 Å². The lowest BCUT2D eigenvalue weighted by Crippen LogP contribution is -2.28. The van der Waals surface area contributed by atoms with Gasteiger partial charge in [0.25, 0.3) is 5.19 Å². The van der Waals surface area contributed by atoms with Crippen LogP contribution in [0.4, 0.5) is 0 Å². The van der Waals surface area contributed by atoms with Crippen molar-refractivity contribution < 1.29 is 4.74 Å². The van der Waals surface area contributed by atoms with Gasteiger partial charge >= 0.3 is 0 Å². The van der Waals surface area contributed by atoms with Gasteiger partial charge in [0.2, 0.25) is 0 Å². The van der Waals surface area contributed by atoms with E-state index in [1.165, 1.54) is 28.2 Å². The van der Waals surface area contributed by atoms with Crippen LogP contribution in [-0.4, -0.2) is 33.9 Å². The maximum atomic E-state index is 6.07. The molecule has 0 aliphatic heterocycles. The highest BCUT2D eigenvalue weighted by atomic mass is 32.1. The summed E-state index contributed by atoms with van der Waals surface area (Å²) in [5, 5.41) is 0.574. The van der Waals surface area contributed by atoms with Gasteiger partial charge in [-0.05, 0) is 70.8 Å². The van der Waals surface area contributed by atoms with E-state index >= 15 is 0 Å². The second kappa shape index (κ2) is 8.84. The van der Waals surface area contributed by atoms with Gasteiger partial charge in [-0.2, -0.15) is 9.36 Å². The van der Waals surface area contributed by atoms with Crippen LogP contribution < -0.4 is 4.74 Å². The molecule has 0 radical (unpaired) electrons. The SMILES string of the molecule is Cc1ccc(-c2nsc(Oc3cc(C)c(CCN(C)C(C)C)cc3C)n2)cc1. The van der Waals surface area contributed by atoms with Crippen molar-refractivity contribution in [2.45, 2.75) is 47.1 Å². The molecule has 0 atom stereocenters. The van der Waals surface area contributed by atoms with Crippen molar-refractivity contribution in [3.05, 3.63) is 58.7 Å². The van der Waals surface area contributed by atoms with Gasteiger partial charge in [-0.1, -0.05) is 35.9 Å². The standard InChI is InChI=1S/C23H29N3OS/c1-15(2)26(6)12-11-20-13-18(5)21(14-17(20)4)27-23-24-22(25-28-23)19-9-7-16(3)8-10-19/h7-10,13-15H,11-12H2,1-6H3. The summed E-state index contributed by atoms with van der Waals surface area (Å²) >= 11 is 1.29. The first kappa shape index (κ1) is 20.5. The third-order valence-electron chi connectivity index (χ3n) is 5.16. The van der Waals surface area contributed by atoms with Gasteiger partial charge in [-0.25, -0.2) is 0 Å². The molecule has 0 spiro atoms. The van der Waals surface area contributed by atoms with Crippen LogP contribution in [0.3, 0.4) is 0 Å². The summed E-state index contributed by atoms with van der Waals surface area (Å²) < 4.78 is 10.5. The molecule has 5 heteroatoms. The first-order chi connectivity index (χ1) is 13.3. The first-order valence-corrected chi connectivity index (χ1v) is 10.5. The molecule has 4 nitrogen and oxygen atoms in total. The summed E-state index contributed by atoms with van der Waals surface area (Å²) in [5.41, 5.74) is 5.98. The van der Waals surface area contributed by atoms with E-state index in [-0.39, 0.29) is 0 Å². The molecule has 2 aromatic carbocycles. The van der Waals surface area contributed by atoms with Gasteiger partial charge in [0.05, 0.1) is 0 Å². The zero-order valence-electron chi connectivity index (χ0n) is 17.6. The molecule has 0 saturated heterocycles. The molecule has 0 bridgehead atoms. The molecular formula is C23H29N3OS. The molecule has 148 valence electrons. The number of rotatable bonds is 7. The number of nitrogens with zero attached hydrogens (tertiary/aromatic N) is 3. The quantitative estimate of drug-likeness (QED) is 0.506. The Morgan fingerprint density at radius 2 is 1.75 bits per heavy atom. The molecule has 0 aliphatic rings. The molecule has 0 saturated carbocycles. The number of aryl methyl sites for hydroxylation is 3. The Hall–Kier alpha value is -2.24. The lowest BCUT2D eigenvalue weighted by Gasteiger charge is -2.21. The Balaban J connectivity index is 1.72. The molecule has 0 fully saturated rings. The van der Waals surface area contributed by atoms with Crippen LogP contribution in [-0.2, 0) is 6.42 Å². The third kappa shape index (κ3) is 4.97. The van der Waals surface area contributed by atoms with Crippen LogP contribution in [0.25, 0.3) is 11.4 Å². The normalized spacial score (nSPS) is 11.4. The number of ether oxygens (including phenoxy) is 1. The van der Waals surface area contributed by atoms with E-state index in [1.54, 1.807) is 0 Å². The molecule has 0 aliphatic carbocycles. The van der Waals surface area contributed by atoms with E-state index in [1.807, 2.05) is 12.1 Å². The lowest BCUT2D eigenvalue weighted by atomic mass is 10.0. The maximum absolute atomic E-state index is 6.07. The van der Waals surface area contributed by atoms with Crippen LogP contribution in [0, 0.1) is 20.8 Å². The van der Waals surface area contributed by atoms with Gasteiger partial charge in [0, 0.05) is 29.7 Å². The molecule has 1 aromatic heterocycles. The fourth-order valence-electron chi connectivity index (χ4n) is 2.95. The maximum Gasteiger partial charge on any atom is 0.299 e. The van der Waals surface area contributed by atoms with Crippen LogP contribution in [0.15, 0.2) is 36.4 Å². The highest BCUT2D eigenvalue weighted by molar-refractivity contribution is 7.07. The van der Waals surface area contributed by atoms with E-state index in [0.29, 0.717) is 17.1 Å². The number of benzene rings is 2. The Kier molecular flexibility index (Phi) is 6.47. The average Bonchev–Trinajstić information content (AvgIpc) is 3.12. The number of aromatic nitrogens is 2. The summed E-state index contributed by atoms with van der Waals surface area (Å²) in [6.07, 6.45) is 1.04. The Morgan fingerprint density at radius 1 is 1.04 bits per heavy atom. The molecule has 28 heavy (non-hydrogen) atoms. The van der Waals surface area contributed by atoms with Gasteiger partial charge in [-0.15, -0.1) is 0 Å². The van der Waals surface area contributed by atoms with Crippen molar-refractivity contribution in [1.82, 2.24) is 14.3 Å². The predicted octanol–water partition coefficient (Wildman–Crippen LogP) is 5.81. The molecule has 3 aromatic rings. The van der Waals surface area contributed by atoms with Crippen molar-refractivity contribution in [2.24, 2.45) is 0 Å². The highest BCUT2D eigenvalue weighted by Crippen LogP contribution is 2.31. The summed E-state index contributed by atoms with van der Waals surface area (Å²) in [5.74, 6) is 1.56. The molecule has 0 unspecified atom stereocenters. The number of likely N-dealkylation sites (N-methyl/N-ethyl adjacent to an activating group) is 1. The van der Waals surface area contributed by atoms with Gasteiger partial charge < -0.3 is 9.64 Å². The fraction of sp³-hybridized carbons (Fsp3) is 0.391. The number of hydrogen-bond donors (Lipinski definition) is 0. The predicted molar refractivity (Wildman–Crippen MR) is 118 cm³/mol. The summed E-state index contributed by atoms with van der Waals surface area (Å²) in [6.45, 7) is 11.8. The van der Waals surface area contributed by atoms with Crippen LogP contribution in [0.2, 0.25) is 0 Å². The Morgan fingerprint density at radius 3 is 2.43 bits per heavy atom. The monoisotopic (exact) mass is 395 g/mol. The minimum Gasteiger partial charge on any atom is -0.430 e. The average molecular weight is 396 g/mol. The van der Waals surface area contributed by atoms with Gasteiger partial charge in [-0.3, -0.25) is 0 Å². The summed E-state index contributed by atoms with van der Waals surface area (Å²) in [4.78, 5) is 6.92. The van der Waals surface area contributed by atoms with E-state index in [2.05, 4.69) is 80.2 Å². The topological polar surface area (TPSA) is 38.2 Å². The lowest BCUT2D eigenvalue weighted by molar-refractivity contribution is 0.277.